The van der Waals surface area contributed by atoms with Crippen LogP contribution in [-0.2, 0) is 11.3 Å². The van der Waals surface area contributed by atoms with E-state index in [1.807, 2.05) is 44.2 Å². The predicted octanol–water partition coefficient (Wildman–Crippen LogP) is 3.07. The van der Waals surface area contributed by atoms with Gasteiger partial charge in [0.25, 0.3) is 5.91 Å². The summed E-state index contributed by atoms with van der Waals surface area (Å²) >= 11 is 0. The molecule has 1 saturated heterocycles. The lowest BCUT2D eigenvalue weighted by Crippen LogP contribution is -2.32. The van der Waals surface area contributed by atoms with E-state index in [0.717, 1.165) is 16.3 Å². The van der Waals surface area contributed by atoms with Gasteiger partial charge < -0.3 is 5.32 Å². The maximum Gasteiger partial charge on any atom is 0.325 e. The number of halogens is 2. The fraction of sp³-hybridized carbons (Fsp3) is 0.389. The molecule has 6 nitrogen and oxygen atoms in total. The van der Waals surface area contributed by atoms with Crippen molar-refractivity contribution in [1.29, 1.82) is 0 Å². The highest BCUT2D eigenvalue weighted by molar-refractivity contribution is 6.04. The lowest BCUT2D eigenvalue weighted by molar-refractivity contribution is -0.128. The Bertz CT molecular complexity index is 805. The zero-order valence-corrected chi connectivity index (χ0v) is 14.5. The zero-order chi connectivity index (χ0) is 18.8. The molecule has 1 aromatic carbocycles. The van der Waals surface area contributed by atoms with Gasteiger partial charge in [0.2, 0.25) is 6.43 Å². The molecule has 3 rings (SSSR count). The highest BCUT2D eigenvalue weighted by atomic mass is 19.3. The Morgan fingerprint density at radius 3 is 2.50 bits per heavy atom. The molecule has 3 amide bonds. The summed E-state index contributed by atoms with van der Waals surface area (Å²) in [6.07, 6.45) is -1.57. The molecule has 1 unspecified atom stereocenters. The molecule has 138 valence electrons. The van der Waals surface area contributed by atoms with Crippen molar-refractivity contribution in [2.45, 2.75) is 45.2 Å². The number of alkyl halides is 2. The van der Waals surface area contributed by atoms with Crippen LogP contribution in [0.5, 0.6) is 0 Å². The number of benzene rings is 1. The van der Waals surface area contributed by atoms with Crippen LogP contribution in [0.2, 0.25) is 0 Å². The third-order valence-electron chi connectivity index (χ3n) is 4.24. The van der Waals surface area contributed by atoms with Crippen molar-refractivity contribution in [1.82, 2.24) is 20.0 Å². The minimum atomic E-state index is -2.66. The molecular formula is C18H20F2N4O2. The van der Waals surface area contributed by atoms with Gasteiger partial charge in [-0.3, -0.25) is 9.69 Å². The summed E-state index contributed by atoms with van der Waals surface area (Å²) in [6.45, 7) is 3.93. The van der Waals surface area contributed by atoms with Crippen molar-refractivity contribution in [3.63, 3.8) is 0 Å². The smallest absolute Gasteiger partial charge is 0.325 e. The van der Waals surface area contributed by atoms with Crippen LogP contribution in [0.15, 0.2) is 36.5 Å². The quantitative estimate of drug-likeness (QED) is 0.803. The third-order valence-corrected chi connectivity index (χ3v) is 4.24. The van der Waals surface area contributed by atoms with E-state index in [4.69, 9.17) is 0 Å². The van der Waals surface area contributed by atoms with Crippen LogP contribution in [-0.4, -0.2) is 39.1 Å². The summed E-state index contributed by atoms with van der Waals surface area (Å²) in [5, 5.41) is 6.89. The maximum absolute atomic E-state index is 12.6. The number of hydrogen-bond acceptors (Lipinski definition) is 3. The molecule has 1 aromatic heterocycles. The first-order valence-corrected chi connectivity index (χ1v) is 8.40. The van der Waals surface area contributed by atoms with Crippen LogP contribution in [0.3, 0.4) is 0 Å². The molecule has 1 atom stereocenters. The number of nitrogens with zero attached hydrogens (tertiary/aromatic N) is 3. The van der Waals surface area contributed by atoms with Gasteiger partial charge in [-0.1, -0.05) is 32.0 Å². The summed E-state index contributed by atoms with van der Waals surface area (Å²) in [6, 6.07) is 7.64. The Morgan fingerprint density at radius 2 is 1.88 bits per heavy atom. The molecule has 1 fully saturated rings. The number of aromatic nitrogens is 2. The Labute approximate surface area is 149 Å². The highest BCUT2D eigenvalue weighted by Gasteiger charge is 2.39. The van der Waals surface area contributed by atoms with Gasteiger partial charge >= 0.3 is 6.03 Å². The fourth-order valence-corrected chi connectivity index (χ4v) is 2.98. The first kappa shape index (κ1) is 18.0. The van der Waals surface area contributed by atoms with E-state index in [9.17, 15) is 18.4 Å². The van der Waals surface area contributed by atoms with Crippen molar-refractivity contribution >= 4 is 11.9 Å². The van der Waals surface area contributed by atoms with Gasteiger partial charge in [-0.25, -0.2) is 18.3 Å². The average molecular weight is 362 g/mol. The van der Waals surface area contributed by atoms with E-state index < -0.39 is 30.8 Å². The molecule has 1 N–H and O–H groups in total. The summed E-state index contributed by atoms with van der Waals surface area (Å²) < 4.78 is 26.8. The summed E-state index contributed by atoms with van der Waals surface area (Å²) in [5.74, 6) is -0.551. The summed E-state index contributed by atoms with van der Waals surface area (Å²) in [5.41, 5.74) is 2.32. The Balaban J connectivity index is 1.86. The van der Waals surface area contributed by atoms with Gasteiger partial charge in [0.15, 0.2) is 0 Å². The van der Waals surface area contributed by atoms with Gasteiger partial charge in [0.05, 0.1) is 17.9 Å². The van der Waals surface area contributed by atoms with Gasteiger partial charge in [-0.15, -0.1) is 0 Å². The van der Waals surface area contributed by atoms with Crippen LogP contribution in [0.4, 0.5) is 13.6 Å². The van der Waals surface area contributed by atoms with Gasteiger partial charge in [-0.2, -0.15) is 5.10 Å². The second-order valence-electron chi connectivity index (χ2n) is 6.53. The lowest BCUT2D eigenvalue weighted by Gasteiger charge is -2.13. The molecule has 1 aliphatic rings. The number of para-hydroxylation sites is 1. The largest absolute Gasteiger partial charge is 0.326 e. The first-order chi connectivity index (χ1) is 12.4. The molecule has 0 bridgehead atoms. The normalized spacial score (nSPS) is 17.5. The van der Waals surface area contributed by atoms with Crippen molar-refractivity contribution in [2.24, 2.45) is 0 Å². The second kappa shape index (κ2) is 7.23. The molecular weight excluding hydrogens is 342 g/mol. The first-order valence-electron chi connectivity index (χ1n) is 8.40. The van der Waals surface area contributed by atoms with Gasteiger partial charge in [-0.05, 0) is 18.1 Å². The number of hydrogen-bond donors (Lipinski definition) is 1. The fourth-order valence-electron chi connectivity index (χ4n) is 2.98. The third kappa shape index (κ3) is 3.58. The molecule has 26 heavy (non-hydrogen) atoms. The second-order valence-corrected chi connectivity index (χ2v) is 6.53. The average Bonchev–Trinajstić information content (AvgIpc) is 3.13. The van der Waals surface area contributed by atoms with Crippen LogP contribution in [0, 0.1) is 0 Å². The Kier molecular flexibility index (Phi) is 5.01. The monoisotopic (exact) mass is 362 g/mol. The number of nitrogens with one attached hydrogen (secondary N) is 1. The number of rotatable bonds is 6. The van der Waals surface area contributed by atoms with Crippen molar-refractivity contribution in [3.05, 3.63) is 47.8 Å². The van der Waals surface area contributed by atoms with E-state index in [2.05, 4.69) is 10.4 Å². The van der Waals surface area contributed by atoms with Crippen molar-refractivity contribution in [2.75, 3.05) is 0 Å². The maximum atomic E-state index is 12.6. The summed E-state index contributed by atoms with van der Waals surface area (Å²) in [4.78, 5) is 25.3. The Hall–Kier alpha value is -2.77. The number of carbonyl (C=O) groups excluding carboxylic acids is 2. The molecule has 0 saturated carbocycles. The molecule has 1 aliphatic heterocycles. The number of urea groups is 1. The van der Waals surface area contributed by atoms with Crippen LogP contribution in [0.1, 0.15) is 37.4 Å². The highest BCUT2D eigenvalue weighted by Crippen LogP contribution is 2.23. The van der Waals surface area contributed by atoms with Crippen molar-refractivity contribution < 1.29 is 18.4 Å². The molecule has 0 radical (unpaired) electrons. The van der Waals surface area contributed by atoms with E-state index in [-0.39, 0.29) is 12.5 Å². The molecule has 2 heterocycles. The van der Waals surface area contributed by atoms with Crippen LogP contribution < -0.4 is 5.32 Å². The lowest BCUT2D eigenvalue weighted by atomic mass is 10.1. The summed E-state index contributed by atoms with van der Waals surface area (Å²) in [7, 11) is 0. The minimum Gasteiger partial charge on any atom is -0.326 e. The number of amides is 3. The number of imide groups is 1. The van der Waals surface area contributed by atoms with Crippen LogP contribution >= 0.6 is 0 Å². The van der Waals surface area contributed by atoms with Gasteiger partial charge in [0.1, 0.15) is 6.04 Å². The SMILES string of the molecule is CC(C)c1nn(-c2ccccc2)cc1CN1C(=O)NC(CC(F)F)C1=O. The molecule has 0 aliphatic carbocycles. The van der Waals surface area contributed by atoms with Crippen molar-refractivity contribution in [3.8, 4) is 5.69 Å². The number of carbonyl (C=O) groups is 2. The molecule has 8 heteroatoms. The van der Waals surface area contributed by atoms with Gasteiger partial charge in [0, 0.05) is 18.2 Å². The topological polar surface area (TPSA) is 67.2 Å². The standard InChI is InChI=1S/C18H20F2N4O2/c1-11(2)16-12(10-24(22-16)13-6-4-3-5-7-13)9-23-17(25)14(8-15(19)20)21-18(23)26/h3-7,10-11,14-15H,8-9H2,1-2H3,(H,21,26). The van der Waals surface area contributed by atoms with E-state index >= 15 is 0 Å². The van der Waals surface area contributed by atoms with E-state index in [1.165, 1.54) is 0 Å². The van der Waals surface area contributed by atoms with Crippen LogP contribution in [0.25, 0.3) is 5.69 Å². The molecule has 2 aromatic rings. The van der Waals surface area contributed by atoms with E-state index in [0.29, 0.717) is 5.56 Å². The Morgan fingerprint density at radius 1 is 1.19 bits per heavy atom. The minimum absolute atomic E-state index is 0.00471. The predicted molar refractivity (Wildman–Crippen MR) is 91.1 cm³/mol. The van der Waals surface area contributed by atoms with E-state index in [1.54, 1.807) is 10.9 Å². The zero-order valence-electron chi connectivity index (χ0n) is 14.5. The molecule has 0 spiro atoms.